The molecule has 0 saturated heterocycles. The molecule has 0 aliphatic heterocycles. The predicted octanol–water partition coefficient (Wildman–Crippen LogP) is 5.34. The van der Waals surface area contributed by atoms with E-state index in [1.807, 2.05) is 0 Å². The van der Waals surface area contributed by atoms with Gasteiger partial charge < -0.3 is 0 Å². The summed E-state index contributed by atoms with van der Waals surface area (Å²) in [5.41, 5.74) is 3.58. The maximum absolute atomic E-state index is 10.6. The van der Waals surface area contributed by atoms with Gasteiger partial charge in [-0.3, -0.25) is 10.1 Å². The van der Waals surface area contributed by atoms with Crippen molar-refractivity contribution in [1.29, 1.82) is 0 Å². The SMILES string of the molecule is Cc1cc(Br)cc(C(Br)Cc2ccc([N+](=O)[O-])cc2)c1. The van der Waals surface area contributed by atoms with Crippen molar-refractivity contribution in [1.82, 2.24) is 0 Å². The van der Waals surface area contributed by atoms with Crippen molar-refractivity contribution in [2.24, 2.45) is 0 Å². The van der Waals surface area contributed by atoms with Gasteiger partial charge in [-0.1, -0.05) is 50.1 Å². The first-order valence-corrected chi connectivity index (χ1v) is 7.81. The molecular formula is C15H13Br2NO2. The van der Waals surface area contributed by atoms with Gasteiger partial charge in [0.05, 0.1) is 4.92 Å². The van der Waals surface area contributed by atoms with Crippen molar-refractivity contribution in [3.8, 4) is 0 Å². The summed E-state index contributed by atoms with van der Waals surface area (Å²) in [6, 6.07) is 13.0. The maximum atomic E-state index is 10.6. The molecule has 3 nitrogen and oxygen atoms in total. The molecule has 0 aromatic heterocycles. The Balaban J connectivity index is 2.14. The highest BCUT2D eigenvalue weighted by Gasteiger charge is 2.11. The minimum atomic E-state index is -0.382. The van der Waals surface area contributed by atoms with Gasteiger partial charge in [0, 0.05) is 21.4 Å². The lowest BCUT2D eigenvalue weighted by Gasteiger charge is -2.12. The number of hydrogen-bond donors (Lipinski definition) is 0. The van der Waals surface area contributed by atoms with Crippen molar-refractivity contribution in [2.75, 3.05) is 0 Å². The Kier molecular flexibility index (Phi) is 4.94. The first-order valence-electron chi connectivity index (χ1n) is 6.10. The van der Waals surface area contributed by atoms with E-state index in [4.69, 9.17) is 0 Å². The number of nitrogens with zero attached hydrogens (tertiary/aromatic N) is 1. The Morgan fingerprint density at radius 3 is 2.40 bits per heavy atom. The van der Waals surface area contributed by atoms with Crippen molar-refractivity contribution in [3.63, 3.8) is 0 Å². The summed E-state index contributed by atoms with van der Waals surface area (Å²) in [6.07, 6.45) is 0.786. The van der Waals surface area contributed by atoms with E-state index in [1.54, 1.807) is 24.3 Å². The first-order chi connectivity index (χ1) is 9.45. The second kappa shape index (κ2) is 6.50. The molecule has 2 rings (SSSR count). The van der Waals surface area contributed by atoms with Crippen LogP contribution in [0.2, 0.25) is 0 Å². The molecule has 0 fully saturated rings. The van der Waals surface area contributed by atoms with Gasteiger partial charge >= 0.3 is 0 Å². The van der Waals surface area contributed by atoms with Crippen LogP contribution in [0, 0.1) is 17.0 Å². The molecule has 1 unspecified atom stereocenters. The Morgan fingerprint density at radius 2 is 1.85 bits per heavy atom. The van der Waals surface area contributed by atoms with Crippen molar-refractivity contribution >= 4 is 37.5 Å². The number of halogens is 2. The molecule has 2 aromatic carbocycles. The van der Waals surface area contributed by atoms with Crippen molar-refractivity contribution in [3.05, 3.63) is 73.7 Å². The number of hydrogen-bond acceptors (Lipinski definition) is 2. The summed E-state index contributed by atoms with van der Waals surface area (Å²) in [4.78, 5) is 10.4. The van der Waals surface area contributed by atoms with E-state index < -0.39 is 0 Å². The second-order valence-electron chi connectivity index (χ2n) is 4.66. The first kappa shape index (κ1) is 15.2. The standard InChI is InChI=1S/C15H13Br2NO2/c1-10-6-12(9-13(16)7-10)15(17)8-11-2-4-14(5-3-11)18(19)20/h2-7,9,15H,8H2,1H3. The third-order valence-corrected chi connectivity index (χ3v) is 4.30. The molecule has 0 heterocycles. The van der Waals surface area contributed by atoms with Crippen LogP contribution in [0.25, 0.3) is 0 Å². The van der Waals surface area contributed by atoms with Gasteiger partial charge in [-0.05, 0) is 42.2 Å². The summed E-state index contributed by atoms with van der Waals surface area (Å²) in [7, 11) is 0. The van der Waals surface area contributed by atoms with Crippen LogP contribution >= 0.6 is 31.9 Å². The highest BCUT2D eigenvalue weighted by molar-refractivity contribution is 9.10. The van der Waals surface area contributed by atoms with Gasteiger partial charge in [0.25, 0.3) is 5.69 Å². The van der Waals surface area contributed by atoms with Crippen LogP contribution in [0.1, 0.15) is 21.5 Å². The fraction of sp³-hybridized carbons (Fsp3) is 0.200. The Labute approximate surface area is 134 Å². The Hall–Kier alpha value is -1.20. The number of rotatable bonds is 4. The van der Waals surface area contributed by atoms with E-state index in [0.29, 0.717) is 0 Å². The maximum Gasteiger partial charge on any atom is 0.269 e. The number of benzene rings is 2. The lowest BCUT2D eigenvalue weighted by molar-refractivity contribution is -0.384. The average molecular weight is 399 g/mol. The molecule has 1 atom stereocenters. The lowest BCUT2D eigenvalue weighted by atomic mass is 10.0. The highest BCUT2D eigenvalue weighted by atomic mass is 79.9. The van der Waals surface area contributed by atoms with Gasteiger partial charge in [0.2, 0.25) is 0 Å². The van der Waals surface area contributed by atoms with Crippen LogP contribution in [0.5, 0.6) is 0 Å². The van der Waals surface area contributed by atoms with Gasteiger partial charge in [-0.25, -0.2) is 0 Å². The molecular weight excluding hydrogens is 386 g/mol. The third-order valence-electron chi connectivity index (χ3n) is 2.99. The molecule has 0 saturated carbocycles. The normalized spacial score (nSPS) is 12.2. The van der Waals surface area contributed by atoms with Crippen molar-refractivity contribution < 1.29 is 4.92 Å². The summed E-state index contributed by atoms with van der Waals surface area (Å²) >= 11 is 7.18. The lowest BCUT2D eigenvalue weighted by Crippen LogP contribution is -1.97. The fourth-order valence-electron chi connectivity index (χ4n) is 2.02. The molecule has 0 N–H and O–H groups in total. The quantitative estimate of drug-likeness (QED) is 0.396. The van der Waals surface area contributed by atoms with Crippen LogP contribution in [-0.2, 0) is 6.42 Å². The number of non-ortho nitro benzene ring substituents is 1. The minimum Gasteiger partial charge on any atom is -0.258 e. The molecule has 0 amide bonds. The van der Waals surface area contributed by atoms with E-state index in [1.165, 1.54) is 11.1 Å². The van der Waals surface area contributed by atoms with Gasteiger partial charge in [-0.2, -0.15) is 0 Å². The molecule has 0 aliphatic carbocycles. The van der Waals surface area contributed by atoms with Crippen LogP contribution < -0.4 is 0 Å². The zero-order chi connectivity index (χ0) is 14.7. The number of alkyl halides is 1. The molecule has 0 radical (unpaired) electrons. The molecule has 2 aromatic rings. The number of aryl methyl sites for hydroxylation is 1. The van der Waals surface area contributed by atoms with Crippen LogP contribution in [0.4, 0.5) is 5.69 Å². The van der Waals surface area contributed by atoms with E-state index >= 15 is 0 Å². The average Bonchev–Trinajstić information content (AvgIpc) is 2.38. The Bertz CT molecular complexity index is 606. The molecule has 0 aliphatic rings. The number of nitro groups is 1. The summed E-state index contributed by atoms with van der Waals surface area (Å²) in [6.45, 7) is 2.06. The fourth-order valence-corrected chi connectivity index (χ4v) is 3.29. The number of nitro benzene ring substituents is 1. The third kappa shape index (κ3) is 3.90. The monoisotopic (exact) mass is 397 g/mol. The van der Waals surface area contributed by atoms with E-state index in [0.717, 1.165) is 16.5 Å². The molecule has 20 heavy (non-hydrogen) atoms. The van der Waals surface area contributed by atoms with Crippen LogP contribution in [-0.4, -0.2) is 4.92 Å². The summed E-state index contributed by atoms with van der Waals surface area (Å²) in [5.74, 6) is 0. The smallest absolute Gasteiger partial charge is 0.258 e. The van der Waals surface area contributed by atoms with E-state index in [-0.39, 0.29) is 15.4 Å². The van der Waals surface area contributed by atoms with Crippen LogP contribution in [0.15, 0.2) is 46.9 Å². The summed E-state index contributed by atoms with van der Waals surface area (Å²) < 4.78 is 1.06. The zero-order valence-electron chi connectivity index (χ0n) is 10.8. The van der Waals surface area contributed by atoms with Gasteiger partial charge in [-0.15, -0.1) is 0 Å². The molecule has 0 bridgehead atoms. The molecule has 0 spiro atoms. The molecule has 104 valence electrons. The zero-order valence-corrected chi connectivity index (χ0v) is 14.0. The van der Waals surface area contributed by atoms with Gasteiger partial charge in [0.15, 0.2) is 0 Å². The second-order valence-corrected chi connectivity index (χ2v) is 6.68. The molecule has 5 heteroatoms. The Morgan fingerprint density at radius 1 is 1.20 bits per heavy atom. The van der Waals surface area contributed by atoms with Crippen molar-refractivity contribution in [2.45, 2.75) is 18.2 Å². The topological polar surface area (TPSA) is 43.1 Å². The van der Waals surface area contributed by atoms with E-state index in [9.17, 15) is 10.1 Å². The van der Waals surface area contributed by atoms with Crippen LogP contribution in [0.3, 0.4) is 0 Å². The minimum absolute atomic E-state index is 0.123. The summed E-state index contributed by atoms with van der Waals surface area (Å²) in [5, 5.41) is 10.6. The highest BCUT2D eigenvalue weighted by Crippen LogP contribution is 2.30. The largest absolute Gasteiger partial charge is 0.269 e. The van der Waals surface area contributed by atoms with E-state index in [2.05, 4.69) is 57.0 Å². The predicted molar refractivity (Wildman–Crippen MR) is 87.3 cm³/mol. The van der Waals surface area contributed by atoms with Gasteiger partial charge in [0.1, 0.15) is 0 Å².